The van der Waals surface area contributed by atoms with Gasteiger partial charge in [-0.25, -0.2) is 13.1 Å². The summed E-state index contributed by atoms with van der Waals surface area (Å²) in [6.07, 6.45) is 1.16. The monoisotopic (exact) mass is 316 g/mol. The van der Waals surface area contributed by atoms with Crippen molar-refractivity contribution in [3.8, 4) is 0 Å². The Morgan fingerprint density at radius 2 is 2.20 bits per heavy atom. The molecule has 0 amide bonds. The highest BCUT2D eigenvalue weighted by Gasteiger charge is 2.17. The summed E-state index contributed by atoms with van der Waals surface area (Å²) < 4.78 is 31.1. The molecule has 0 saturated heterocycles. The summed E-state index contributed by atoms with van der Waals surface area (Å²) in [5.74, 6) is 0.297. The molecule has 2 rings (SSSR count). The topological polar surface area (TPSA) is 97.1 Å². The number of nitrogens with zero attached hydrogens (tertiary/aromatic N) is 2. The number of aromatic nitrogens is 2. The smallest absolute Gasteiger partial charge is 0.241 e. The van der Waals surface area contributed by atoms with Crippen LogP contribution < -0.4 is 10.0 Å². The number of hydrogen-bond donors (Lipinski definition) is 2. The van der Waals surface area contributed by atoms with Gasteiger partial charge in [0.2, 0.25) is 16.4 Å². The number of nitrogens with one attached hydrogen (secondary N) is 2. The molecule has 7 nitrogen and oxygen atoms in total. The Balaban J connectivity index is 1.98. The average molecular weight is 316 g/mol. The van der Waals surface area contributed by atoms with Crippen LogP contribution in [-0.4, -0.2) is 24.6 Å². The Bertz CT molecular complexity index is 634. The van der Waals surface area contributed by atoms with E-state index in [-0.39, 0.29) is 11.4 Å². The third-order valence-corrected chi connectivity index (χ3v) is 4.92. The molecule has 2 aromatic heterocycles. The van der Waals surface area contributed by atoms with Gasteiger partial charge in [0, 0.05) is 22.8 Å². The third-order valence-electron chi connectivity index (χ3n) is 2.45. The van der Waals surface area contributed by atoms with Crippen LogP contribution in [0.3, 0.4) is 0 Å². The Hall–Kier alpha value is -1.29. The maximum absolute atomic E-state index is 12.1. The van der Waals surface area contributed by atoms with Crippen molar-refractivity contribution in [2.75, 3.05) is 0 Å². The first-order chi connectivity index (χ1) is 9.47. The lowest BCUT2D eigenvalue weighted by atomic mass is 10.4. The lowest BCUT2D eigenvalue weighted by Gasteiger charge is -2.05. The molecular formula is C11H16N4O3S2. The second kappa shape index (κ2) is 6.44. The Kier molecular flexibility index (Phi) is 4.86. The molecule has 9 heteroatoms. The molecule has 0 aromatic carbocycles. The predicted molar refractivity (Wildman–Crippen MR) is 74.6 cm³/mol. The summed E-state index contributed by atoms with van der Waals surface area (Å²) in [6.45, 7) is 4.74. The van der Waals surface area contributed by atoms with Crippen LogP contribution in [0, 0.1) is 0 Å². The predicted octanol–water partition coefficient (Wildman–Crippen LogP) is 1.11. The van der Waals surface area contributed by atoms with Crippen molar-refractivity contribution in [1.82, 2.24) is 20.2 Å². The molecule has 110 valence electrons. The van der Waals surface area contributed by atoms with Crippen LogP contribution in [-0.2, 0) is 23.1 Å². The van der Waals surface area contributed by atoms with Crippen LogP contribution in [0.15, 0.2) is 27.3 Å². The van der Waals surface area contributed by atoms with Gasteiger partial charge in [0.25, 0.3) is 0 Å². The summed E-state index contributed by atoms with van der Waals surface area (Å²) in [7, 11) is -3.54. The lowest BCUT2D eigenvalue weighted by Crippen LogP contribution is -2.23. The molecule has 2 aromatic rings. The number of thiophene rings is 1. The van der Waals surface area contributed by atoms with Crippen LogP contribution in [0.2, 0.25) is 0 Å². The first kappa shape index (κ1) is 15.1. The summed E-state index contributed by atoms with van der Waals surface area (Å²) >= 11 is 1.41. The van der Waals surface area contributed by atoms with E-state index in [9.17, 15) is 8.42 Å². The van der Waals surface area contributed by atoms with Crippen LogP contribution in [0.5, 0.6) is 0 Å². The minimum atomic E-state index is -3.54. The Morgan fingerprint density at radius 3 is 2.85 bits per heavy atom. The summed E-state index contributed by atoms with van der Waals surface area (Å²) in [6, 6.07) is 2.02. The number of rotatable bonds is 7. The van der Waals surface area contributed by atoms with Gasteiger partial charge in [0.05, 0.1) is 11.4 Å². The normalized spacial score (nSPS) is 12.2. The van der Waals surface area contributed by atoms with Gasteiger partial charge in [0.15, 0.2) is 5.82 Å². The van der Waals surface area contributed by atoms with Gasteiger partial charge in [-0.15, -0.1) is 11.3 Å². The fourth-order valence-corrected chi connectivity index (χ4v) is 3.62. The molecule has 0 spiro atoms. The van der Waals surface area contributed by atoms with Gasteiger partial charge in [0.1, 0.15) is 0 Å². The van der Waals surface area contributed by atoms with E-state index >= 15 is 0 Å². The summed E-state index contributed by atoms with van der Waals surface area (Å²) in [5, 5.41) is 8.41. The minimum Gasteiger partial charge on any atom is -0.343 e. The zero-order valence-corrected chi connectivity index (χ0v) is 12.8. The molecule has 0 aliphatic rings. The summed E-state index contributed by atoms with van der Waals surface area (Å²) in [4.78, 5) is 4.98. The molecule has 0 unspecified atom stereocenters. The van der Waals surface area contributed by atoms with Gasteiger partial charge in [-0.1, -0.05) is 19.0 Å². The van der Waals surface area contributed by atoms with E-state index in [1.807, 2.05) is 13.8 Å². The van der Waals surface area contributed by atoms with E-state index in [4.69, 9.17) is 0 Å². The van der Waals surface area contributed by atoms with Crippen LogP contribution in [0.4, 0.5) is 0 Å². The van der Waals surface area contributed by atoms with Crippen LogP contribution in [0.25, 0.3) is 0 Å². The van der Waals surface area contributed by atoms with Gasteiger partial charge < -0.3 is 9.84 Å². The fourth-order valence-electron chi connectivity index (χ4n) is 1.41. The van der Waals surface area contributed by atoms with E-state index in [2.05, 4.69) is 24.7 Å². The van der Waals surface area contributed by atoms with Crippen molar-refractivity contribution in [3.05, 3.63) is 28.5 Å². The van der Waals surface area contributed by atoms with Crippen molar-refractivity contribution in [1.29, 1.82) is 0 Å². The second-order valence-electron chi connectivity index (χ2n) is 4.46. The van der Waals surface area contributed by atoms with E-state index < -0.39 is 10.0 Å². The van der Waals surface area contributed by atoms with Gasteiger partial charge >= 0.3 is 0 Å². The van der Waals surface area contributed by atoms with Crippen molar-refractivity contribution < 1.29 is 12.9 Å². The van der Waals surface area contributed by atoms with Crippen LogP contribution in [0.1, 0.15) is 24.5 Å². The molecule has 0 saturated carbocycles. The molecular weight excluding hydrogens is 300 g/mol. The molecule has 2 heterocycles. The standard InChI is InChI=1S/C11H16N4O3S2/c1-8(2)12-4-9-3-10(6-19-9)20(16,17)14-5-11-13-7-18-15-11/h3,6-8,12,14H,4-5H2,1-2H3. The van der Waals surface area contributed by atoms with Gasteiger partial charge in [-0.3, -0.25) is 0 Å². The van der Waals surface area contributed by atoms with Crippen molar-refractivity contribution in [2.24, 2.45) is 0 Å². The maximum Gasteiger partial charge on any atom is 0.241 e. The zero-order valence-electron chi connectivity index (χ0n) is 11.2. The van der Waals surface area contributed by atoms with Crippen LogP contribution >= 0.6 is 11.3 Å². The number of hydrogen-bond acceptors (Lipinski definition) is 7. The van der Waals surface area contributed by atoms with Crippen molar-refractivity contribution in [2.45, 2.75) is 37.9 Å². The zero-order chi connectivity index (χ0) is 14.6. The SMILES string of the molecule is CC(C)NCc1cc(S(=O)(=O)NCc2ncon2)cs1. The van der Waals surface area contributed by atoms with Crippen molar-refractivity contribution >= 4 is 21.4 Å². The molecule has 20 heavy (non-hydrogen) atoms. The van der Waals surface area contributed by atoms with E-state index in [0.29, 0.717) is 18.4 Å². The fraction of sp³-hybridized carbons (Fsp3) is 0.455. The Labute approximate surface area is 121 Å². The molecule has 2 N–H and O–H groups in total. The molecule has 0 aliphatic carbocycles. The summed E-state index contributed by atoms with van der Waals surface area (Å²) in [5.41, 5.74) is 0. The molecule has 0 aliphatic heterocycles. The average Bonchev–Trinajstić information content (AvgIpc) is 3.05. The minimum absolute atomic E-state index is 0.00819. The first-order valence-electron chi connectivity index (χ1n) is 6.03. The molecule has 0 atom stereocenters. The molecule has 0 fully saturated rings. The van der Waals surface area contributed by atoms with E-state index in [1.54, 1.807) is 11.4 Å². The molecule has 0 radical (unpaired) electrons. The highest BCUT2D eigenvalue weighted by atomic mass is 32.2. The van der Waals surface area contributed by atoms with E-state index in [1.165, 1.54) is 11.3 Å². The first-order valence-corrected chi connectivity index (χ1v) is 8.39. The third kappa shape index (κ3) is 4.10. The maximum atomic E-state index is 12.1. The van der Waals surface area contributed by atoms with E-state index in [0.717, 1.165) is 11.3 Å². The highest BCUT2D eigenvalue weighted by molar-refractivity contribution is 7.89. The van der Waals surface area contributed by atoms with Gasteiger partial charge in [-0.05, 0) is 6.07 Å². The number of sulfonamides is 1. The largest absolute Gasteiger partial charge is 0.343 e. The second-order valence-corrected chi connectivity index (χ2v) is 7.22. The lowest BCUT2D eigenvalue weighted by molar-refractivity contribution is 0.409. The quantitative estimate of drug-likeness (QED) is 0.794. The van der Waals surface area contributed by atoms with Gasteiger partial charge in [-0.2, -0.15) is 4.98 Å². The van der Waals surface area contributed by atoms with Crippen molar-refractivity contribution in [3.63, 3.8) is 0 Å². The molecule has 0 bridgehead atoms. The highest BCUT2D eigenvalue weighted by Crippen LogP contribution is 2.19. The Morgan fingerprint density at radius 1 is 1.40 bits per heavy atom.